The second-order valence-corrected chi connectivity index (χ2v) is 3.20. The predicted molar refractivity (Wildman–Crippen MR) is 48.5 cm³/mol. The largest absolute Gasteiger partial charge is 0.208 e. The monoisotopic (exact) mass is 170 g/mol. The van der Waals surface area contributed by atoms with Gasteiger partial charge in [-0.1, -0.05) is 31.3 Å². The Morgan fingerprint density at radius 3 is 2.36 bits per heavy atom. The molecule has 0 nitrogen and oxygen atoms in total. The van der Waals surface area contributed by atoms with Gasteiger partial charge in [-0.3, -0.25) is 0 Å². The van der Waals surface area contributed by atoms with Crippen molar-refractivity contribution in [1.82, 2.24) is 0 Å². The van der Waals surface area contributed by atoms with Crippen LogP contribution in [0.4, 0.5) is 4.39 Å². The van der Waals surface area contributed by atoms with Gasteiger partial charge in [0.05, 0.1) is 0 Å². The van der Waals surface area contributed by atoms with Crippen molar-refractivity contribution in [3.05, 3.63) is 29.0 Å². The maximum atomic E-state index is 13.0. The molecule has 0 aliphatic carbocycles. The Hall–Kier alpha value is -0.495. The third-order valence-corrected chi connectivity index (χ3v) is 1.91. The zero-order valence-electron chi connectivity index (χ0n) is 6.57. The van der Waals surface area contributed by atoms with E-state index in [0.29, 0.717) is 10.5 Å². The summed E-state index contributed by atoms with van der Waals surface area (Å²) < 4.78 is 13.0. The summed E-state index contributed by atoms with van der Waals surface area (Å²) in [7, 11) is 0. The molecule has 1 rings (SSSR count). The summed E-state index contributed by atoms with van der Waals surface area (Å²) in [6.45, 7) is 3.98. The lowest BCUT2D eigenvalue weighted by Crippen LogP contribution is -2.27. The maximum absolute atomic E-state index is 13.0. The van der Waals surface area contributed by atoms with Crippen LogP contribution in [-0.2, 0) is 0 Å². The smallest absolute Gasteiger partial charge is 0.175 e. The van der Waals surface area contributed by atoms with E-state index < -0.39 is 0 Å². The van der Waals surface area contributed by atoms with Crippen LogP contribution >= 0.6 is 11.6 Å². The first-order valence-corrected chi connectivity index (χ1v) is 3.94. The molecule has 3 heteroatoms. The van der Waals surface area contributed by atoms with E-state index in [9.17, 15) is 4.39 Å². The van der Waals surface area contributed by atoms with E-state index in [1.54, 1.807) is 12.1 Å². The fourth-order valence-corrected chi connectivity index (χ4v) is 1.44. The Balaban J connectivity index is 3.21. The van der Waals surface area contributed by atoms with Gasteiger partial charge in [0, 0.05) is 5.02 Å². The van der Waals surface area contributed by atoms with E-state index in [1.165, 1.54) is 6.07 Å². The van der Waals surface area contributed by atoms with Crippen molar-refractivity contribution >= 4 is 23.8 Å². The lowest BCUT2D eigenvalue weighted by atomic mass is 9.49. The molecule has 0 N–H and O–H groups in total. The third kappa shape index (κ3) is 1.75. The van der Waals surface area contributed by atoms with Gasteiger partial charge < -0.3 is 0 Å². The van der Waals surface area contributed by atoms with Crippen molar-refractivity contribution in [3.63, 3.8) is 0 Å². The molecule has 0 aliphatic heterocycles. The Labute approximate surface area is 71.5 Å². The lowest BCUT2D eigenvalue weighted by Gasteiger charge is -2.05. The van der Waals surface area contributed by atoms with Crippen molar-refractivity contribution in [2.75, 3.05) is 0 Å². The maximum Gasteiger partial charge on any atom is 0.175 e. The van der Waals surface area contributed by atoms with E-state index in [-0.39, 0.29) is 12.5 Å². The minimum atomic E-state index is -0.215. The summed E-state index contributed by atoms with van der Waals surface area (Å²) in [5.41, 5.74) is 0.606. The molecular weight excluding hydrogens is 161 g/mol. The molecule has 0 aliphatic rings. The van der Waals surface area contributed by atoms with Gasteiger partial charge >= 0.3 is 0 Å². The van der Waals surface area contributed by atoms with Crippen LogP contribution in [-0.4, -0.2) is 6.71 Å². The van der Waals surface area contributed by atoms with Crippen LogP contribution in [0.25, 0.3) is 0 Å². The van der Waals surface area contributed by atoms with Gasteiger partial charge in [-0.15, -0.1) is 0 Å². The first-order valence-electron chi connectivity index (χ1n) is 3.57. The van der Waals surface area contributed by atoms with Gasteiger partial charge in [0.25, 0.3) is 0 Å². The minimum absolute atomic E-state index is 0.142. The molecule has 0 amide bonds. The fraction of sp³-hybridized carbons (Fsp3) is 0.250. The number of hydrogen-bond donors (Lipinski definition) is 0. The molecule has 0 aromatic heterocycles. The highest BCUT2D eigenvalue weighted by atomic mass is 35.5. The minimum Gasteiger partial charge on any atom is -0.208 e. The molecule has 0 heterocycles. The number of hydrogen-bond acceptors (Lipinski definition) is 0. The summed E-state index contributed by atoms with van der Waals surface area (Å²) in [6, 6.07) is 4.75. The third-order valence-electron chi connectivity index (χ3n) is 1.58. The fourth-order valence-electron chi connectivity index (χ4n) is 1.06. The molecule has 0 bridgehead atoms. The van der Waals surface area contributed by atoms with Gasteiger partial charge in [-0.05, 0) is 17.6 Å². The van der Waals surface area contributed by atoms with Gasteiger partial charge in [0.2, 0.25) is 0 Å². The molecule has 1 aromatic rings. The molecule has 0 spiro atoms. The van der Waals surface area contributed by atoms with Crippen molar-refractivity contribution in [3.8, 4) is 0 Å². The second-order valence-electron chi connectivity index (χ2n) is 2.79. The molecule has 0 atom stereocenters. The second kappa shape index (κ2) is 3.27. The van der Waals surface area contributed by atoms with Crippen LogP contribution in [0.15, 0.2) is 18.2 Å². The standard InChI is InChI=1S/C8H9BClF/c1-9(2)8-6(10)4-3-5-7(8)11/h3-5H,1-2H3. The van der Waals surface area contributed by atoms with Crippen LogP contribution in [0.5, 0.6) is 0 Å². The highest BCUT2D eigenvalue weighted by molar-refractivity contribution is 6.73. The SMILES string of the molecule is CB(C)c1c(F)cccc1Cl. The molecule has 0 fully saturated rings. The molecular formula is C8H9BClF. The van der Waals surface area contributed by atoms with Gasteiger partial charge in [0.1, 0.15) is 5.82 Å². The van der Waals surface area contributed by atoms with Crippen LogP contribution in [0.1, 0.15) is 0 Å². The molecule has 0 saturated heterocycles. The first-order chi connectivity index (χ1) is 5.13. The highest BCUT2D eigenvalue weighted by Crippen LogP contribution is 2.08. The topological polar surface area (TPSA) is 0 Å². The molecule has 58 valence electrons. The van der Waals surface area contributed by atoms with E-state index in [2.05, 4.69) is 0 Å². The summed E-state index contributed by atoms with van der Waals surface area (Å²) in [5, 5.41) is 0.514. The average Bonchev–Trinajstić information content (AvgIpc) is 1.85. The van der Waals surface area contributed by atoms with Crippen LogP contribution in [0.3, 0.4) is 0 Å². The summed E-state index contributed by atoms with van der Waals surface area (Å²) >= 11 is 5.78. The van der Waals surface area contributed by atoms with E-state index in [1.807, 2.05) is 13.6 Å². The van der Waals surface area contributed by atoms with Crippen LogP contribution in [0, 0.1) is 5.82 Å². The number of rotatable bonds is 1. The Morgan fingerprint density at radius 1 is 1.36 bits per heavy atom. The zero-order chi connectivity index (χ0) is 8.43. The zero-order valence-corrected chi connectivity index (χ0v) is 7.32. The molecule has 1 aromatic carbocycles. The van der Waals surface area contributed by atoms with Crippen molar-refractivity contribution in [2.24, 2.45) is 0 Å². The number of halogens is 2. The first kappa shape index (κ1) is 8.60. The van der Waals surface area contributed by atoms with E-state index >= 15 is 0 Å². The quantitative estimate of drug-likeness (QED) is 0.568. The summed E-state index contributed by atoms with van der Waals surface area (Å²) in [4.78, 5) is 0. The molecule has 0 unspecified atom stereocenters. The van der Waals surface area contributed by atoms with Crippen molar-refractivity contribution < 1.29 is 4.39 Å². The lowest BCUT2D eigenvalue weighted by molar-refractivity contribution is 0.635. The normalized spacial score (nSPS) is 9.82. The Bertz CT molecular complexity index is 240. The summed E-state index contributed by atoms with van der Waals surface area (Å²) in [5.74, 6) is -0.215. The predicted octanol–water partition coefficient (Wildman–Crippen LogP) is 2.44. The number of benzene rings is 1. The Kier molecular flexibility index (Phi) is 2.55. The van der Waals surface area contributed by atoms with Crippen LogP contribution in [0.2, 0.25) is 18.7 Å². The summed E-state index contributed by atoms with van der Waals surface area (Å²) in [6.07, 6.45) is 0. The molecule has 0 radical (unpaired) electrons. The Morgan fingerprint density at radius 2 is 2.00 bits per heavy atom. The van der Waals surface area contributed by atoms with Crippen molar-refractivity contribution in [1.29, 1.82) is 0 Å². The average molecular weight is 170 g/mol. The molecule has 0 saturated carbocycles. The highest BCUT2D eigenvalue weighted by Gasteiger charge is 2.12. The molecule has 11 heavy (non-hydrogen) atoms. The van der Waals surface area contributed by atoms with Crippen LogP contribution < -0.4 is 5.46 Å². The van der Waals surface area contributed by atoms with E-state index in [4.69, 9.17) is 11.6 Å². The van der Waals surface area contributed by atoms with Gasteiger partial charge in [-0.2, -0.15) is 0 Å². The van der Waals surface area contributed by atoms with Gasteiger partial charge in [-0.25, -0.2) is 4.39 Å². The van der Waals surface area contributed by atoms with Crippen molar-refractivity contribution in [2.45, 2.75) is 13.6 Å². The van der Waals surface area contributed by atoms with Gasteiger partial charge in [0.15, 0.2) is 6.71 Å². The van der Waals surface area contributed by atoms with E-state index in [0.717, 1.165) is 0 Å².